The van der Waals surface area contributed by atoms with Gasteiger partial charge in [0.05, 0.1) is 17.8 Å². The molecule has 0 fully saturated rings. The topological polar surface area (TPSA) is 83.0 Å². The van der Waals surface area contributed by atoms with Crippen molar-refractivity contribution in [1.29, 1.82) is 0 Å². The Balaban J connectivity index is 1.84. The molecule has 0 atom stereocenters. The molecule has 10 heteroatoms. The maximum Gasteiger partial charge on any atom is 0.328 e. The maximum absolute atomic E-state index is 14.9. The lowest BCUT2D eigenvalue weighted by Gasteiger charge is -2.31. The van der Waals surface area contributed by atoms with E-state index in [-0.39, 0.29) is 18.2 Å². The highest BCUT2D eigenvalue weighted by Gasteiger charge is 2.34. The molecule has 0 radical (unpaired) electrons. The Morgan fingerprint density at radius 2 is 1.81 bits per heavy atom. The third-order valence-electron chi connectivity index (χ3n) is 5.81. The molecule has 0 saturated carbocycles. The number of urea groups is 1. The first kappa shape index (κ1) is 23.3. The van der Waals surface area contributed by atoms with Gasteiger partial charge < -0.3 is 10.6 Å². The van der Waals surface area contributed by atoms with Crippen molar-refractivity contribution in [2.75, 3.05) is 16.8 Å². The van der Waals surface area contributed by atoms with Crippen molar-refractivity contribution in [1.82, 2.24) is 20.3 Å². The lowest BCUT2D eigenvalue weighted by atomic mass is 9.99. The summed E-state index contributed by atoms with van der Waals surface area (Å²) in [5, 5.41) is 5.80. The van der Waals surface area contributed by atoms with Crippen LogP contribution in [0.4, 0.5) is 35.3 Å². The minimum atomic E-state index is -0.924. The van der Waals surface area contributed by atoms with Gasteiger partial charge in [-0.3, -0.25) is 0 Å². The van der Waals surface area contributed by atoms with Crippen molar-refractivity contribution in [2.45, 2.75) is 20.4 Å². The highest BCUT2D eigenvalue weighted by atomic mass is 19.1. The Labute approximate surface area is 205 Å². The van der Waals surface area contributed by atoms with Crippen molar-refractivity contribution in [3.63, 3.8) is 0 Å². The summed E-state index contributed by atoms with van der Waals surface area (Å²) in [4.78, 5) is 27.6. The van der Waals surface area contributed by atoms with Gasteiger partial charge in [0.1, 0.15) is 29.0 Å². The largest absolute Gasteiger partial charge is 0.370 e. The van der Waals surface area contributed by atoms with E-state index in [1.54, 1.807) is 31.3 Å². The number of hydrogen-bond donors (Lipinski definition) is 2. The van der Waals surface area contributed by atoms with Crippen LogP contribution < -0.4 is 15.5 Å². The molecule has 0 bridgehead atoms. The van der Waals surface area contributed by atoms with Crippen molar-refractivity contribution >= 4 is 23.4 Å². The summed E-state index contributed by atoms with van der Waals surface area (Å²) in [7, 11) is 0. The van der Waals surface area contributed by atoms with Crippen LogP contribution >= 0.6 is 0 Å². The van der Waals surface area contributed by atoms with Gasteiger partial charge in [-0.15, -0.1) is 0 Å². The molecule has 5 rings (SSSR count). The Kier molecular flexibility index (Phi) is 6.01. The lowest BCUT2D eigenvalue weighted by molar-refractivity contribution is 0.246. The van der Waals surface area contributed by atoms with Crippen LogP contribution in [0.15, 0.2) is 54.7 Å². The van der Waals surface area contributed by atoms with E-state index in [9.17, 15) is 18.0 Å². The number of benzene rings is 2. The molecule has 0 spiro atoms. The molecule has 36 heavy (non-hydrogen) atoms. The number of pyridine rings is 1. The Bertz CT molecular complexity index is 1470. The number of nitrogens with zero attached hydrogens (tertiary/aromatic N) is 4. The minimum absolute atomic E-state index is 0.0142. The van der Waals surface area contributed by atoms with Crippen molar-refractivity contribution < 1.29 is 18.0 Å². The van der Waals surface area contributed by atoms with Crippen molar-refractivity contribution in [3.8, 4) is 22.6 Å². The van der Waals surface area contributed by atoms with Gasteiger partial charge in [0, 0.05) is 23.9 Å². The lowest BCUT2D eigenvalue weighted by Crippen LogP contribution is -2.43. The number of anilines is 3. The number of carbonyl (C=O) groups is 1. The number of nitrogens with one attached hydrogen (secondary N) is 2. The molecule has 1 aliphatic heterocycles. The second-order valence-corrected chi connectivity index (χ2v) is 8.15. The van der Waals surface area contributed by atoms with E-state index in [0.29, 0.717) is 40.3 Å². The van der Waals surface area contributed by atoms with Crippen LogP contribution in [0.25, 0.3) is 22.6 Å². The predicted molar refractivity (Wildman–Crippen MR) is 130 cm³/mol. The Hall–Kier alpha value is -4.47. The summed E-state index contributed by atoms with van der Waals surface area (Å²) >= 11 is 0. The van der Waals surface area contributed by atoms with Crippen LogP contribution in [0, 0.1) is 24.4 Å². The van der Waals surface area contributed by atoms with Gasteiger partial charge >= 0.3 is 6.03 Å². The fourth-order valence-corrected chi connectivity index (χ4v) is 4.20. The van der Waals surface area contributed by atoms with E-state index in [0.717, 1.165) is 17.0 Å². The van der Waals surface area contributed by atoms with Crippen LogP contribution in [-0.2, 0) is 6.54 Å². The number of rotatable bonds is 5. The molecular weight excluding hydrogens is 469 g/mol. The third-order valence-corrected chi connectivity index (χ3v) is 5.81. The van der Waals surface area contributed by atoms with E-state index < -0.39 is 29.2 Å². The maximum atomic E-state index is 14.9. The number of fused-ring (bicyclic) bond motifs is 1. The van der Waals surface area contributed by atoms with Crippen LogP contribution in [0.1, 0.15) is 18.1 Å². The molecule has 2 aromatic carbocycles. The second-order valence-electron chi connectivity index (χ2n) is 8.15. The van der Waals surface area contributed by atoms with Gasteiger partial charge in [0.2, 0.25) is 0 Å². The Morgan fingerprint density at radius 3 is 2.53 bits per heavy atom. The molecule has 2 N–H and O–H groups in total. The molecule has 0 saturated heterocycles. The average Bonchev–Trinajstić information content (AvgIpc) is 2.85. The summed E-state index contributed by atoms with van der Waals surface area (Å²) in [6, 6.07) is 10.3. The van der Waals surface area contributed by atoms with E-state index in [1.165, 1.54) is 18.2 Å². The highest BCUT2D eigenvalue weighted by molar-refractivity contribution is 6.02. The fraction of sp³-hybridized carbons (Fsp3) is 0.154. The first-order valence-electron chi connectivity index (χ1n) is 11.3. The summed E-state index contributed by atoms with van der Waals surface area (Å²) in [5.41, 5.74) is 2.00. The van der Waals surface area contributed by atoms with Gasteiger partial charge in [-0.25, -0.2) is 37.8 Å². The van der Waals surface area contributed by atoms with E-state index in [4.69, 9.17) is 4.98 Å². The molecule has 7 nitrogen and oxygen atoms in total. The number of halogens is 3. The van der Waals surface area contributed by atoms with E-state index in [1.807, 2.05) is 6.92 Å². The molecular formula is C26H21F3N6O. The minimum Gasteiger partial charge on any atom is -0.370 e. The quantitative estimate of drug-likeness (QED) is 0.374. The molecule has 3 heterocycles. The Morgan fingerprint density at radius 1 is 1.03 bits per heavy atom. The second kappa shape index (κ2) is 9.29. The van der Waals surface area contributed by atoms with Crippen molar-refractivity contribution in [3.05, 3.63) is 83.3 Å². The number of para-hydroxylation sites is 1. The van der Waals surface area contributed by atoms with E-state index in [2.05, 4.69) is 20.6 Å². The normalized spacial score (nSPS) is 12.8. The predicted octanol–water partition coefficient (Wildman–Crippen LogP) is 5.72. The van der Waals surface area contributed by atoms with Gasteiger partial charge in [0.15, 0.2) is 11.6 Å². The van der Waals surface area contributed by atoms with Crippen LogP contribution in [0.3, 0.4) is 0 Å². The molecule has 182 valence electrons. The average molecular weight is 490 g/mol. The SMILES string of the molecule is CCNc1ncccc1-c1nc(-c2ccc(F)cc2C)c2c(n1)N(c1c(F)cccc1F)C(=O)NC2. The third kappa shape index (κ3) is 4.00. The number of aromatic nitrogens is 3. The monoisotopic (exact) mass is 490 g/mol. The molecule has 0 unspecified atom stereocenters. The van der Waals surface area contributed by atoms with E-state index >= 15 is 0 Å². The van der Waals surface area contributed by atoms with Crippen LogP contribution in [-0.4, -0.2) is 27.5 Å². The van der Waals surface area contributed by atoms with Gasteiger partial charge in [-0.2, -0.15) is 0 Å². The summed E-state index contributed by atoms with van der Waals surface area (Å²) in [6.45, 7) is 4.23. The molecule has 2 amide bonds. The van der Waals surface area contributed by atoms with Gasteiger partial charge in [-0.1, -0.05) is 6.07 Å². The smallest absolute Gasteiger partial charge is 0.328 e. The molecule has 2 aromatic heterocycles. The first-order valence-corrected chi connectivity index (χ1v) is 11.3. The zero-order chi connectivity index (χ0) is 25.4. The van der Waals surface area contributed by atoms with Crippen LogP contribution in [0.5, 0.6) is 0 Å². The fourth-order valence-electron chi connectivity index (χ4n) is 4.20. The molecule has 0 aliphatic carbocycles. The zero-order valence-corrected chi connectivity index (χ0v) is 19.4. The first-order chi connectivity index (χ1) is 17.4. The van der Waals surface area contributed by atoms with Crippen LogP contribution in [0.2, 0.25) is 0 Å². The summed E-state index contributed by atoms with van der Waals surface area (Å²) in [6.07, 6.45) is 1.61. The van der Waals surface area contributed by atoms with Gasteiger partial charge in [-0.05, 0) is 61.9 Å². The molecule has 4 aromatic rings. The van der Waals surface area contributed by atoms with Gasteiger partial charge in [0.25, 0.3) is 0 Å². The summed E-state index contributed by atoms with van der Waals surface area (Å²) < 4.78 is 43.6. The summed E-state index contributed by atoms with van der Waals surface area (Å²) in [5.74, 6) is -1.54. The standard InChI is InChI=1S/C26H21F3N6O/c1-3-30-23-17(6-5-11-31-23)24-33-21(16-10-9-15(27)12-14(16)2)18-13-32-26(36)35(25(18)34-24)22-19(28)7-4-8-20(22)29/h4-12H,3,13H2,1-2H3,(H,30,31)(H,32,36). The number of aryl methyl sites for hydroxylation is 1. The zero-order valence-electron chi connectivity index (χ0n) is 19.4. The number of amides is 2. The number of hydrogen-bond acceptors (Lipinski definition) is 5. The highest BCUT2D eigenvalue weighted by Crippen LogP contribution is 2.40. The van der Waals surface area contributed by atoms with Crippen molar-refractivity contribution in [2.24, 2.45) is 0 Å². The molecule has 1 aliphatic rings. The number of carbonyl (C=O) groups excluding carboxylic acids is 1.